The number of carbonyl (C=O) groups is 1. The van der Waals surface area contributed by atoms with E-state index in [1.807, 2.05) is 30.3 Å². The monoisotopic (exact) mass is 310 g/mol. The fourth-order valence-corrected chi connectivity index (χ4v) is 2.22. The van der Waals surface area contributed by atoms with E-state index in [9.17, 15) is 4.79 Å². The summed E-state index contributed by atoms with van der Waals surface area (Å²) >= 11 is 11.8. The van der Waals surface area contributed by atoms with Crippen molar-refractivity contribution in [3.63, 3.8) is 0 Å². The highest BCUT2D eigenvalue weighted by atomic mass is 35.5. The maximum Gasteiger partial charge on any atom is 0.189 e. The molecule has 0 atom stereocenters. The zero-order valence-corrected chi connectivity index (χ0v) is 12.0. The van der Waals surface area contributed by atoms with Gasteiger partial charge in [-0.05, 0) is 17.7 Å². The zero-order chi connectivity index (χ0) is 14.4. The van der Waals surface area contributed by atoms with E-state index in [2.05, 4.69) is 0 Å². The first kappa shape index (κ1) is 14.9. The van der Waals surface area contributed by atoms with Gasteiger partial charge in [0.15, 0.2) is 18.8 Å². The third-order valence-electron chi connectivity index (χ3n) is 2.56. The van der Waals surface area contributed by atoms with Crippen LogP contribution in [-0.2, 0) is 11.3 Å². The van der Waals surface area contributed by atoms with Crippen LogP contribution in [0.25, 0.3) is 0 Å². The van der Waals surface area contributed by atoms with Crippen molar-refractivity contribution in [1.29, 1.82) is 0 Å². The summed E-state index contributed by atoms with van der Waals surface area (Å²) in [5, 5.41) is 0.664. The Morgan fingerprint density at radius 3 is 2.55 bits per heavy atom. The van der Waals surface area contributed by atoms with E-state index in [1.54, 1.807) is 0 Å². The number of ether oxygens (including phenoxy) is 2. The van der Waals surface area contributed by atoms with Gasteiger partial charge in [0, 0.05) is 5.02 Å². The molecule has 0 bridgehead atoms. The van der Waals surface area contributed by atoms with Gasteiger partial charge in [-0.15, -0.1) is 0 Å². The Labute approximate surface area is 127 Å². The lowest BCUT2D eigenvalue weighted by Crippen LogP contribution is -2.05. The third-order valence-corrected chi connectivity index (χ3v) is 3.06. The van der Waals surface area contributed by atoms with Crippen molar-refractivity contribution < 1.29 is 14.3 Å². The molecular weight excluding hydrogens is 299 g/mol. The van der Waals surface area contributed by atoms with E-state index in [-0.39, 0.29) is 17.6 Å². The standard InChI is InChI=1S/C15H12Cl2O3/c16-13-6-12(8-18)15(14(17)7-13)20-10-19-9-11-4-2-1-3-5-11/h1-8H,9-10H2. The molecule has 0 saturated carbocycles. The van der Waals surface area contributed by atoms with Gasteiger partial charge in [-0.1, -0.05) is 53.5 Å². The lowest BCUT2D eigenvalue weighted by atomic mass is 10.2. The van der Waals surface area contributed by atoms with Gasteiger partial charge in [-0.25, -0.2) is 0 Å². The van der Waals surface area contributed by atoms with Crippen LogP contribution < -0.4 is 4.74 Å². The molecule has 2 aromatic carbocycles. The minimum atomic E-state index is -0.00289. The molecule has 0 aromatic heterocycles. The van der Waals surface area contributed by atoms with Gasteiger partial charge in [-0.3, -0.25) is 4.79 Å². The van der Waals surface area contributed by atoms with Crippen molar-refractivity contribution >= 4 is 29.5 Å². The fraction of sp³-hybridized carbons (Fsp3) is 0.133. The van der Waals surface area contributed by atoms with Crippen LogP contribution in [0.15, 0.2) is 42.5 Å². The highest BCUT2D eigenvalue weighted by Gasteiger charge is 2.10. The summed E-state index contributed by atoms with van der Waals surface area (Å²) in [5.41, 5.74) is 1.33. The number of aldehydes is 1. The fourth-order valence-electron chi connectivity index (χ4n) is 1.65. The van der Waals surface area contributed by atoms with Gasteiger partial charge in [0.2, 0.25) is 0 Å². The number of hydrogen-bond donors (Lipinski definition) is 0. The first-order chi connectivity index (χ1) is 9.70. The van der Waals surface area contributed by atoms with Crippen molar-refractivity contribution in [3.05, 3.63) is 63.6 Å². The Morgan fingerprint density at radius 2 is 1.85 bits per heavy atom. The maximum absolute atomic E-state index is 10.9. The highest BCUT2D eigenvalue weighted by molar-refractivity contribution is 6.36. The molecule has 0 N–H and O–H groups in total. The largest absolute Gasteiger partial charge is 0.465 e. The van der Waals surface area contributed by atoms with E-state index in [4.69, 9.17) is 32.7 Å². The molecule has 2 rings (SSSR count). The van der Waals surface area contributed by atoms with Crippen LogP contribution >= 0.6 is 23.2 Å². The number of carbonyl (C=O) groups excluding carboxylic acids is 1. The molecule has 104 valence electrons. The Kier molecular flexibility index (Phi) is 5.41. The Bertz CT molecular complexity index is 585. The molecule has 0 radical (unpaired) electrons. The molecule has 0 saturated heterocycles. The molecule has 0 aliphatic carbocycles. The van der Waals surface area contributed by atoms with Gasteiger partial charge >= 0.3 is 0 Å². The van der Waals surface area contributed by atoms with Crippen molar-refractivity contribution in [2.75, 3.05) is 6.79 Å². The molecule has 2 aromatic rings. The normalized spacial score (nSPS) is 10.3. The molecule has 0 amide bonds. The predicted octanol–water partition coefficient (Wildman–Crippen LogP) is 4.36. The second-order valence-electron chi connectivity index (χ2n) is 4.02. The topological polar surface area (TPSA) is 35.5 Å². The molecule has 0 fully saturated rings. The van der Waals surface area contributed by atoms with Crippen molar-refractivity contribution in [2.24, 2.45) is 0 Å². The Balaban J connectivity index is 1.93. The van der Waals surface area contributed by atoms with Crippen LogP contribution in [0.5, 0.6) is 5.75 Å². The molecule has 3 nitrogen and oxygen atoms in total. The lowest BCUT2D eigenvalue weighted by molar-refractivity contribution is 0.00483. The highest BCUT2D eigenvalue weighted by Crippen LogP contribution is 2.31. The molecule has 20 heavy (non-hydrogen) atoms. The quantitative estimate of drug-likeness (QED) is 0.452. The summed E-state index contributed by atoms with van der Waals surface area (Å²) in [6.45, 7) is 0.416. The third kappa shape index (κ3) is 3.97. The summed E-state index contributed by atoms with van der Waals surface area (Å²) in [7, 11) is 0. The van der Waals surface area contributed by atoms with E-state index < -0.39 is 0 Å². The second kappa shape index (κ2) is 7.29. The van der Waals surface area contributed by atoms with Crippen LogP contribution in [0.3, 0.4) is 0 Å². The number of benzene rings is 2. The van der Waals surface area contributed by atoms with Crippen LogP contribution in [0.1, 0.15) is 15.9 Å². The Morgan fingerprint density at radius 1 is 1.10 bits per heavy atom. The first-order valence-electron chi connectivity index (χ1n) is 5.89. The average Bonchev–Trinajstić information content (AvgIpc) is 2.45. The smallest absolute Gasteiger partial charge is 0.189 e. The van der Waals surface area contributed by atoms with Gasteiger partial charge in [0.25, 0.3) is 0 Å². The summed E-state index contributed by atoms with van der Waals surface area (Å²) in [4.78, 5) is 10.9. The van der Waals surface area contributed by atoms with Gasteiger partial charge in [0.1, 0.15) is 0 Å². The van der Waals surface area contributed by atoms with E-state index >= 15 is 0 Å². The van der Waals surface area contributed by atoms with Crippen LogP contribution in [0, 0.1) is 0 Å². The number of halogens is 2. The second-order valence-corrected chi connectivity index (χ2v) is 4.86. The number of rotatable bonds is 6. The molecular formula is C15H12Cl2O3. The van der Waals surface area contributed by atoms with Crippen molar-refractivity contribution in [3.8, 4) is 5.75 Å². The minimum absolute atomic E-state index is 0.00289. The summed E-state index contributed by atoms with van der Waals surface area (Å²) in [5.74, 6) is 0.277. The predicted molar refractivity (Wildman–Crippen MR) is 78.6 cm³/mol. The molecule has 5 heteroatoms. The van der Waals surface area contributed by atoms with Gasteiger partial charge in [0.05, 0.1) is 17.2 Å². The molecule has 0 aliphatic rings. The minimum Gasteiger partial charge on any atom is -0.465 e. The summed E-state index contributed by atoms with van der Waals surface area (Å²) in [6, 6.07) is 12.7. The van der Waals surface area contributed by atoms with E-state index in [0.29, 0.717) is 23.5 Å². The summed E-state index contributed by atoms with van der Waals surface area (Å²) < 4.78 is 10.8. The van der Waals surface area contributed by atoms with Gasteiger partial charge in [-0.2, -0.15) is 0 Å². The van der Waals surface area contributed by atoms with Crippen LogP contribution in [-0.4, -0.2) is 13.1 Å². The average molecular weight is 311 g/mol. The van der Waals surface area contributed by atoms with Crippen LogP contribution in [0.4, 0.5) is 0 Å². The maximum atomic E-state index is 10.9. The SMILES string of the molecule is O=Cc1cc(Cl)cc(Cl)c1OCOCc1ccccc1. The Hall–Kier alpha value is -1.55. The molecule has 0 aliphatic heterocycles. The van der Waals surface area contributed by atoms with Crippen LogP contribution in [0.2, 0.25) is 10.0 Å². The zero-order valence-electron chi connectivity index (χ0n) is 10.5. The number of hydrogen-bond acceptors (Lipinski definition) is 3. The molecule has 0 heterocycles. The lowest BCUT2D eigenvalue weighted by Gasteiger charge is -2.11. The first-order valence-corrected chi connectivity index (χ1v) is 6.65. The van der Waals surface area contributed by atoms with E-state index in [0.717, 1.165) is 5.56 Å². The summed E-state index contributed by atoms with van der Waals surface area (Å²) in [6.07, 6.45) is 0.643. The van der Waals surface area contributed by atoms with Crippen molar-refractivity contribution in [1.82, 2.24) is 0 Å². The van der Waals surface area contributed by atoms with Crippen molar-refractivity contribution in [2.45, 2.75) is 6.61 Å². The van der Waals surface area contributed by atoms with E-state index in [1.165, 1.54) is 12.1 Å². The molecule has 0 unspecified atom stereocenters. The molecule has 0 spiro atoms. The van der Waals surface area contributed by atoms with Gasteiger partial charge < -0.3 is 9.47 Å².